The maximum atomic E-state index is 12.4. The van der Waals surface area contributed by atoms with Crippen molar-refractivity contribution in [1.29, 1.82) is 0 Å². The van der Waals surface area contributed by atoms with Crippen molar-refractivity contribution >= 4 is 22.4 Å². The molecule has 0 N–H and O–H groups in total. The van der Waals surface area contributed by atoms with Gasteiger partial charge >= 0.3 is 5.63 Å². The third-order valence-electron chi connectivity index (χ3n) is 3.74. The normalized spacial score (nSPS) is 13.2. The van der Waals surface area contributed by atoms with Gasteiger partial charge in [0.1, 0.15) is 18.0 Å². The summed E-state index contributed by atoms with van der Waals surface area (Å²) >= 11 is 0. The molecule has 0 atom stereocenters. The Morgan fingerprint density at radius 1 is 1.13 bits per heavy atom. The second-order valence-corrected chi connectivity index (χ2v) is 5.14. The topological polar surface area (TPSA) is 61.0 Å². The Hall–Kier alpha value is -3.08. The summed E-state index contributed by atoms with van der Waals surface area (Å²) in [5, 5.41) is 0.778. The lowest BCUT2D eigenvalue weighted by molar-refractivity contribution is 0.372. The molecule has 1 aliphatic heterocycles. The lowest BCUT2D eigenvalue weighted by atomic mass is 10.1. The van der Waals surface area contributed by atoms with E-state index in [1.54, 1.807) is 19.2 Å². The molecule has 2 heterocycles. The third-order valence-corrected chi connectivity index (χ3v) is 3.74. The first-order valence-corrected chi connectivity index (χ1v) is 7.17. The molecule has 5 nitrogen and oxygen atoms in total. The highest BCUT2D eigenvalue weighted by atomic mass is 16.5. The molecule has 114 valence electrons. The van der Waals surface area contributed by atoms with Crippen LogP contribution < -0.4 is 15.1 Å². The van der Waals surface area contributed by atoms with Crippen LogP contribution in [0.5, 0.6) is 11.5 Å². The molecule has 0 spiro atoms. The largest absolute Gasteiger partial charge is 0.493 e. The monoisotopic (exact) mass is 307 g/mol. The van der Waals surface area contributed by atoms with Crippen LogP contribution in [0.4, 0.5) is 5.69 Å². The number of hydrogen-bond acceptors (Lipinski definition) is 5. The fourth-order valence-electron chi connectivity index (χ4n) is 2.61. The van der Waals surface area contributed by atoms with Gasteiger partial charge in [-0.2, -0.15) is 0 Å². The first-order valence-electron chi connectivity index (χ1n) is 7.17. The summed E-state index contributed by atoms with van der Waals surface area (Å²) < 4.78 is 16.3. The van der Waals surface area contributed by atoms with Crippen molar-refractivity contribution in [1.82, 2.24) is 0 Å². The Bertz CT molecular complexity index is 988. The summed E-state index contributed by atoms with van der Waals surface area (Å²) in [6, 6.07) is 14.7. The van der Waals surface area contributed by atoms with E-state index < -0.39 is 5.63 Å². The minimum Gasteiger partial charge on any atom is -0.493 e. The minimum absolute atomic E-state index is 0.233. The first kappa shape index (κ1) is 13.6. The van der Waals surface area contributed by atoms with Gasteiger partial charge in [-0.15, -0.1) is 0 Å². The van der Waals surface area contributed by atoms with Crippen LogP contribution in [0, 0.1) is 0 Å². The van der Waals surface area contributed by atoms with Crippen molar-refractivity contribution in [3.8, 4) is 11.5 Å². The standard InChI is InChI=1S/C18H13NO4/c1-21-16-8-4-5-11-9-12(18(20)23-17(11)16)14-10-22-15-7-3-2-6-13(15)19-14/h2-9H,10H2,1H3. The molecule has 23 heavy (non-hydrogen) atoms. The Morgan fingerprint density at radius 3 is 2.87 bits per heavy atom. The zero-order chi connectivity index (χ0) is 15.8. The van der Waals surface area contributed by atoms with Gasteiger partial charge in [0.05, 0.1) is 18.4 Å². The summed E-state index contributed by atoms with van der Waals surface area (Å²) in [4.78, 5) is 16.9. The van der Waals surface area contributed by atoms with E-state index in [4.69, 9.17) is 13.9 Å². The van der Waals surface area contributed by atoms with Crippen molar-refractivity contribution in [3.63, 3.8) is 0 Å². The molecule has 2 aromatic carbocycles. The zero-order valence-electron chi connectivity index (χ0n) is 12.4. The van der Waals surface area contributed by atoms with Crippen molar-refractivity contribution in [3.05, 3.63) is 64.5 Å². The van der Waals surface area contributed by atoms with E-state index in [0.29, 0.717) is 34.0 Å². The number of nitrogens with zero attached hydrogens (tertiary/aromatic N) is 1. The van der Waals surface area contributed by atoms with E-state index in [0.717, 1.165) is 5.39 Å². The number of rotatable bonds is 2. The van der Waals surface area contributed by atoms with Gasteiger partial charge in [0, 0.05) is 5.39 Å². The summed E-state index contributed by atoms with van der Waals surface area (Å²) in [6.45, 7) is 0.233. The van der Waals surface area contributed by atoms with Crippen LogP contribution in [-0.4, -0.2) is 19.4 Å². The fourth-order valence-corrected chi connectivity index (χ4v) is 2.61. The summed E-state index contributed by atoms with van der Waals surface area (Å²) in [7, 11) is 1.54. The van der Waals surface area contributed by atoms with Crippen molar-refractivity contribution < 1.29 is 13.9 Å². The third kappa shape index (κ3) is 2.26. The number of aliphatic imine (C=N–C) groups is 1. The molecule has 0 saturated heterocycles. The predicted molar refractivity (Wildman–Crippen MR) is 87.2 cm³/mol. The van der Waals surface area contributed by atoms with Crippen molar-refractivity contribution in [2.45, 2.75) is 0 Å². The second-order valence-electron chi connectivity index (χ2n) is 5.14. The molecular formula is C18H13NO4. The van der Waals surface area contributed by atoms with Gasteiger partial charge in [0.2, 0.25) is 0 Å². The van der Waals surface area contributed by atoms with Crippen LogP contribution in [0.25, 0.3) is 11.0 Å². The predicted octanol–water partition coefficient (Wildman–Crippen LogP) is 3.31. The molecule has 0 amide bonds. The molecule has 1 aromatic heterocycles. The number of fused-ring (bicyclic) bond motifs is 2. The SMILES string of the molecule is COc1cccc2cc(C3=Nc4ccccc4OC3)c(=O)oc12. The van der Waals surface area contributed by atoms with Gasteiger partial charge in [-0.3, -0.25) is 0 Å². The Morgan fingerprint density at radius 2 is 2.00 bits per heavy atom. The summed E-state index contributed by atoms with van der Waals surface area (Å²) in [5.74, 6) is 1.24. The molecule has 5 heteroatoms. The van der Waals surface area contributed by atoms with Gasteiger partial charge in [-0.25, -0.2) is 9.79 Å². The molecular weight excluding hydrogens is 294 g/mol. The van der Waals surface area contributed by atoms with E-state index in [9.17, 15) is 4.79 Å². The zero-order valence-corrected chi connectivity index (χ0v) is 12.4. The van der Waals surface area contributed by atoms with Gasteiger partial charge in [0.25, 0.3) is 0 Å². The van der Waals surface area contributed by atoms with Crippen LogP contribution in [0.1, 0.15) is 5.56 Å². The molecule has 0 radical (unpaired) electrons. The molecule has 0 bridgehead atoms. The molecule has 0 saturated carbocycles. The van der Waals surface area contributed by atoms with Crippen LogP contribution in [0.2, 0.25) is 0 Å². The smallest absolute Gasteiger partial charge is 0.345 e. The first-order chi connectivity index (χ1) is 11.3. The molecule has 3 aromatic rings. The van der Waals surface area contributed by atoms with Crippen LogP contribution in [0.3, 0.4) is 0 Å². The van der Waals surface area contributed by atoms with Crippen LogP contribution >= 0.6 is 0 Å². The highest BCUT2D eigenvalue weighted by molar-refractivity contribution is 6.05. The molecule has 0 fully saturated rings. The maximum Gasteiger partial charge on any atom is 0.345 e. The molecule has 0 aliphatic carbocycles. The number of hydrogen-bond donors (Lipinski definition) is 0. The average Bonchev–Trinajstić information content (AvgIpc) is 2.60. The van der Waals surface area contributed by atoms with Gasteiger partial charge in [-0.1, -0.05) is 24.3 Å². The number of para-hydroxylation sites is 3. The summed E-state index contributed by atoms with van der Waals surface area (Å²) in [6.07, 6.45) is 0. The Labute approximate surface area is 131 Å². The van der Waals surface area contributed by atoms with E-state index in [1.807, 2.05) is 36.4 Å². The van der Waals surface area contributed by atoms with E-state index in [1.165, 1.54) is 0 Å². The maximum absolute atomic E-state index is 12.4. The molecule has 4 rings (SSSR count). The van der Waals surface area contributed by atoms with Gasteiger partial charge < -0.3 is 13.9 Å². The highest BCUT2D eigenvalue weighted by Gasteiger charge is 2.19. The number of ether oxygens (including phenoxy) is 2. The quantitative estimate of drug-likeness (QED) is 0.681. The molecule has 0 unspecified atom stereocenters. The van der Waals surface area contributed by atoms with Gasteiger partial charge in [0.15, 0.2) is 11.3 Å². The van der Waals surface area contributed by atoms with E-state index >= 15 is 0 Å². The van der Waals surface area contributed by atoms with E-state index in [-0.39, 0.29) is 6.61 Å². The van der Waals surface area contributed by atoms with Gasteiger partial charge in [-0.05, 0) is 24.3 Å². The Kier molecular flexibility index (Phi) is 3.12. The summed E-state index contributed by atoms with van der Waals surface area (Å²) in [5.41, 5.74) is 1.64. The molecule has 1 aliphatic rings. The van der Waals surface area contributed by atoms with Crippen LogP contribution in [0.15, 0.2) is 62.7 Å². The van der Waals surface area contributed by atoms with E-state index in [2.05, 4.69) is 4.99 Å². The lowest BCUT2D eigenvalue weighted by Gasteiger charge is -2.16. The fraction of sp³-hybridized carbons (Fsp3) is 0.111. The number of methoxy groups -OCH3 is 1. The van der Waals surface area contributed by atoms with Crippen LogP contribution in [-0.2, 0) is 0 Å². The lowest BCUT2D eigenvalue weighted by Crippen LogP contribution is -2.22. The van der Waals surface area contributed by atoms with Crippen molar-refractivity contribution in [2.24, 2.45) is 4.99 Å². The average molecular weight is 307 g/mol. The minimum atomic E-state index is -0.455. The van der Waals surface area contributed by atoms with Crippen molar-refractivity contribution in [2.75, 3.05) is 13.7 Å². The number of benzene rings is 2. The highest BCUT2D eigenvalue weighted by Crippen LogP contribution is 2.31. The Balaban J connectivity index is 1.89. The second kappa shape index (κ2) is 5.28.